The maximum absolute atomic E-state index is 12.2. The highest BCUT2D eigenvalue weighted by Crippen LogP contribution is 2.39. The van der Waals surface area contributed by atoms with Crippen molar-refractivity contribution in [1.82, 2.24) is 0 Å². The summed E-state index contributed by atoms with van der Waals surface area (Å²) in [5.74, 6) is -0.486. The van der Waals surface area contributed by atoms with E-state index in [2.05, 4.69) is 33.9 Å². The number of hydrogen-bond acceptors (Lipinski definition) is 5. The van der Waals surface area contributed by atoms with Gasteiger partial charge in [0.2, 0.25) is 0 Å². The van der Waals surface area contributed by atoms with Crippen molar-refractivity contribution < 1.29 is 24.2 Å². The lowest BCUT2D eigenvalue weighted by Crippen LogP contribution is -2.55. The van der Waals surface area contributed by atoms with Crippen LogP contribution >= 0.6 is 0 Å². The van der Waals surface area contributed by atoms with Gasteiger partial charge in [-0.3, -0.25) is 0 Å². The molecule has 25 heavy (non-hydrogen) atoms. The van der Waals surface area contributed by atoms with Crippen molar-refractivity contribution in [2.24, 2.45) is 0 Å². The summed E-state index contributed by atoms with van der Waals surface area (Å²) in [6, 6.07) is 8.66. The van der Waals surface area contributed by atoms with E-state index in [1.807, 2.05) is 6.07 Å². The van der Waals surface area contributed by atoms with Gasteiger partial charge in [-0.2, -0.15) is 0 Å². The molecule has 1 aromatic carbocycles. The van der Waals surface area contributed by atoms with Crippen molar-refractivity contribution in [3.8, 4) is 0 Å². The molecule has 1 aliphatic rings. The van der Waals surface area contributed by atoms with Crippen LogP contribution in [0.1, 0.15) is 44.0 Å². The van der Waals surface area contributed by atoms with Crippen LogP contribution in [0.2, 0.25) is 18.1 Å². The number of hydrogen-bond donors (Lipinski definition) is 2. The lowest BCUT2D eigenvalue weighted by atomic mass is 9.89. The van der Waals surface area contributed by atoms with Crippen LogP contribution < -0.4 is 0 Å². The lowest BCUT2D eigenvalue weighted by molar-refractivity contribution is -0.134. The molecular weight excluding hydrogens is 336 g/mol. The van der Waals surface area contributed by atoms with Crippen LogP contribution in [0.5, 0.6) is 0 Å². The van der Waals surface area contributed by atoms with Gasteiger partial charge in [0, 0.05) is 0 Å². The summed E-state index contributed by atoms with van der Waals surface area (Å²) in [6.45, 7) is 10.6. The predicted octanol–water partition coefficient (Wildman–Crippen LogP) is 3.12. The van der Waals surface area contributed by atoms with Crippen LogP contribution in [0, 0.1) is 0 Å². The van der Waals surface area contributed by atoms with E-state index < -0.39 is 38.7 Å². The maximum atomic E-state index is 12.2. The molecule has 0 amide bonds. The average Bonchev–Trinajstić information content (AvgIpc) is 2.54. The molecule has 4 atom stereocenters. The molecule has 0 heterocycles. The van der Waals surface area contributed by atoms with Crippen molar-refractivity contribution >= 4 is 14.3 Å². The first-order valence-electron chi connectivity index (χ1n) is 8.83. The third-order valence-electron chi connectivity index (χ3n) is 5.37. The van der Waals surface area contributed by atoms with Crippen LogP contribution in [-0.4, -0.2) is 48.9 Å². The molecule has 1 aromatic rings. The second kappa shape index (κ2) is 7.58. The maximum Gasteiger partial charge on any atom is 0.338 e. The minimum Gasteiger partial charge on any atom is -0.456 e. The summed E-state index contributed by atoms with van der Waals surface area (Å²) in [5, 5.41) is 20.9. The van der Waals surface area contributed by atoms with Gasteiger partial charge in [0.1, 0.15) is 18.3 Å². The molecule has 0 bridgehead atoms. The van der Waals surface area contributed by atoms with E-state index >= 15 is 0 Å². The zero-order valence-electron chi connectivity index (χ0n) is 15.7. The van der Waals surface area contributed by atoms with Crippen LogP contribution in [0.25, 0.3) is 0 Å². The van der Waals surface area contributed by atoms with E-state index in [0.717, 1.165) is 0 Å². The van der Waals surface area contributed by atoms with Crippen LogP contribution in [0.15, 0.2) is 30.3 Å². The van der Waals surface area contributed by atoms with Gasteiger partial charge < -0.3 is 19.4 Å². The fourth-order valence-electron chi connectivity index (χ4n) is 2.70. The van der Waals surface area contributed by atoms with E-state index in [4.69, 9.17) is 9.16 Å². The summed E-state index contributed by atoms with van der Waals surface area (Å²) in [7, 11) is -2.05. The van der Waals surface area contributed by atoms with Crippen LogP contribution in [-0.2, 0) is 9.16 Å². The zero-order valence-corrected chi connectivity index (χ0v) is 16.7. The highest BCUT2D eigenvalue weighted by Gasteiger charge is 2.45. The van der Waals surface area contributed by atoms with Gasteiger partial charge in [-0.15, -0.1) is 0 Å². The molecule has 1 aliphatic carbocycles. The fourth-order valence-corrected chi connectivity index (χ4v) is 4.07. The number of aliphatic hydroxyl groups excluding tert-OH is 2. The Labute approximate surface area is 151 Å². The third kappa shape index (κ3) is 4.70. The van der Waals surface area contributed by atoms with E-state index in [9.17, 15) is 15.0 Å². The largest absolute Gasteiger partial charge is 0.456 e. The topological polar surface area (TPSA) is 76.0 Å². The molecule has 0 aromatic heterocycles. The summed E-state index contributed by atoms with van der Waals surface area (Å²) >= 11 is 0. The predicted molar refractivity (Wildman–Crippen MR) is 99.0 cm³/mol. The molecule has 6 heteroatoms. The standard InChI is InChI=1S/C19H30O5Si/c1-19(2,3)25(4,5)24-15-12-11-14(16(20)17(15)21)23-18(22)13-9-7-6-8-10-13/h6-10,14-17,20-21H,11-12H2,1-5H3/t14-,15-,16+,17-/m0/s1. The Morgan fingerprint density at radius 1 is 1.04 bits per heavy atom. The second-order valence-corrected chi connectivity index (χ2v) is 13.0. The second-order valence-electron chi connectivity index (χ2n) is 8.28. The fraction of sp³-hybridized carbons (Fsp3) is 0.632. The molecule has 1 saturated carbocycles. The van der Waals surface area contributed by atoms with Crippen molar-refractivity contribution in [3.05, 3.63) is 35.9 Å². The van der Waals surface area contributed by atoms with Gasteiger partial charge in [-0.05, 0) is 43.1 Å². The SMILES string of the molecule is CC(C)(C)[Si](C)(C)O[C@H]1CC[C@H](OC(=O)c2ccccc2)[C@@H](O)[C@H]1O. The number of benzene rings is 1. The van der Waals surface area contributed by atoms with Gasteiger partial charge in [-0.25, -0.2) is 4.79 Å². The van der Waals surface area contributed by atoms with Crippen molar-refractivity contribution in [3.63, 3.8) is 0 Å². The summed E-state index contributed by atoms with van der Waals surface area (Å²) in [5.41, 5.74) is 0.434. The highest BCUT2D eigenvalue weighted by molar-refractivity contribution is 6.74. The Morgan fingerprint density at radius 2 is 1.56 bits per heavy atom. The summed E-state index contributed by atoms with van der Waals surface area (Å²) in [4.78, 5) is 12.2. The number of esters is 1. The number of carbonyl (C=O) groups is 1. The molecule has 0 saturated heterocycles. The number of carbonyl (C=O) groups excluding carboxylic acids is 1. The van der Waals surface area contributed by atoms with Gasteiger partial charge >= 0.3 is 5.97 Å². The van der Waals surface area contributed by atoms with Crippen molar-refractivity contribution in [2.75, 3.05) is 0 Å². The monoisotopic (exact) mass is 366 g/mol. The Morgan fingerprint density at radius 3 is 2.12 bits per heavy atom. The highest BCUT2D eigenvalue weighted by atomic mass is 28.4. The van der Waals surface area contributed by atoms with Crippen LogP contribution in [0.4, 0.5) is 0 Å². The summed E-state index contributed by atoms with van der Waals surface area (Å²) < 4.78 is 11.7. The molecule has 140 valence electrons. The van der Waals surface area contributed by atoms with Gasteiger partial charge in [-0.1, -0.05) is 39.0 Å². The first kappa shape index (κ1) is 20.1. The number of rotatable bonds is 4. The average molecular weight is 367 g/mol. The van der Waals surface area contributed by atoms with E-state index in [1.54, 1.807) is 24.3 Å². The molecule has 2 N–H and O–H groups in total. The number of ether oxygens (including phenoxy) is 1. The minimum atomic E-state index is -2.05. The third-order valence-corrected chi connectivity index (χ3v) is 9.87. The van der Waals surface area contributed by atoms with Crippen LogP contribution in [0.3, 0.4) is 0 Å². The smallest absolute Gasteiger partial charge is 0.338 e. The normalized spacial score (nSPS) is 27.8. The Balaban J connectivity index is 1.99. The van der Waals surface area contributed by atoms with E-state index in [-0.39, 0.29) is 5.04 Å². The molecule has 1 fully saturated rings. The Hall–Kier alpha value is -1.21. The number of aliphatic hydroxyl groups is 2. The minimum absolute atomic E-state index is 0.0221. The van der Waals surface area contributed by atoms with Gasteiger partial charge in [0.05, 0.1) is 11.7 Å². The molecule has 0 unspecified atom stereocenters. The molecule has 0 spiro atoms. The summed E-state index contributed by atoms with van der Waals surface area (Å²) in [6.07, 6.45) is -2.33. The van der Waals surface area contributed by atoms with Crippen molar-refractivity contribution in [2.45, 2.75) is 76.2 Å². The van der Waals surface area contributed by atoms with E-state index in [1.165, 1.54) is 0 Å². The molecule has 0 radical (unpaired) electrons. The molecule has 2 rings (SSSR count). The zero-order chi connectivity index (χ0) is 18.8. The first-order chi connectivity index (χ1) is 11.5. The van der Waals surface area contributed by atoms with Crippen molar-refractivity contribution in [1.29, 1.82) is 0 Å². The molecule has 5 nitrogen and oxygen atoms in total. The van der Waals surface area contributed by atoms with Gasteiger partial charge in [0.15, 0.2) is 8.32 Å². The first-order valence-corrected chi connectivity index (χ1v) is 11.7. The molecule has 0 aliphatic heterocycles. The van der Waals surface area contributed by atoms with E-state index in [0.29, 0.717) is 18.4 Å². The lowest BCUT2D eigenvalue weighted by Gasteiger charge is -2.44. The van der Waals surface area contributed by atoms with Gasteiger partial charge in [0.25, 0.3) is 0 Å². The molecular formula is C19H30O5Si. The Kier molecular flexibility index (Phi) is 6.09. The quantitative estimate of drug-likeness (QED) is 0.632. The Bertz CT molecular complexity index is 581.